The number of pyridine rings is 1. The molecule has 5 heterocycles. The van der Waals surface area contributed by atoms with Gasteiger partial charge < -0.3 is 30.7 Å². The Balaban J connectivity index is 1.14. The number of benzene rings is 1. The van der Waals surface area contributed by atoms with Crippen molar-refractivity contribution in [2.45, 2.75) is 25.9 Å². The predicted molar refractivity (Wildman–Crippen MR) is 175 cm³/mol. The number of aryl methyl sites for hydroxylation is 1. The van der Waals surface area contributed by atoms with Gasteiger partial charge in [0.05, 0.1) is 39.4 Å². The van der Waals surface area contributed by atoms with Crippen LogP contribution in [0.25, 0.3) is 16.9 Å². The molecule has 17 heteroatoms. The Morgan fingerprint density at radius 2 is 1.73 bits per heavy atom. The maximum Gasteiger partial charge on any atom is 0.435 e. The zero-order valence-corrected chi connectivity index (χ0v) is 27.5. The molecule has 1 aromatic carbocycles. The van der Waals surface area contributed by atoms with Gasteiger partial charge >= 0.3 is 6.18 Å². The van der Waals surface area contributed by atoms with Gasteiger partial charge in [0.15, 0.2) is 11.5 Å². The van der Waals surface area contributed by atoms with Crippen molar-refractivity contribution in [2.24, 2.45) is 13.0 Å². The molecule has 3 aromatic heterocycles. The third-order valence-electron chi connectivity index (χ3n) is 8.80. The summed E-state index contributed by atoms with van der Waals surface area (Å²) in [5, 5.41) is 9.79. The number of amides is 3. The molecule has 0 aliphatic carbocycles. The molecule has 258 valence electrons. The van der Waals surface area contributed by atoms with E-state index in [1.54, 1.807) is 11.8 Å². The SMILES string of the molecule is Cc1nc(N)ccc1-n1cc(-c2cnc(C(=O)Nc3ccc(C(=O)N4CCN(C(=O)C5CCNCC5)CC4)c(Cl)c3)n2C)c(C(F)(F)F)n1. The number of carbonyl (C=O) groups excluding carboxylic acids is 3. The minimum atomic E-state index is -4.81. The van der Waals surface area contributed by atoms with Crippen LogP contribution in [0.2, 0.25) is 5.02 Å². The molecule has 3 amide bonds. The highest BCUT2D eigenvalue weighted by Crippen LogP contribution is 2.37. The molecule has 49 heavy (non-hydrogen) atoms. The van der Waals surface area contributed by atoms with Crippen LogP contribution in [-0.2, 0) is 18.0 Å². The standard InChI is InChI=1S/C32H34ClF3N10O3/c1-18-24(5-6-26(37)40-18)46-17-22(27(42-46)32(34,35)36)25-16-39-28(43(25)2)29(47)41-20-3-4-21(23(33)15-20)31(49)45-13-11-44(12-14-45)30(48)19-7-9-38-10-8-19/h3-6,15-17,19,38H,7-14H2,1-2H3,(H2,37,40)(H,41,47). The number of nitrogens with zero attached hydrogens (tertiary/aromatic N) is 7. The monoisotopic (exact) mass is 698 g/mol. The maximum atomic E-state index is 14.1. The van der Waals surface area contributed by atoms with Crippen LogP contribution < -0.4 is 16.4 Å². The van der Waals surface area contributed by atoms with Crippen molar-refractivity contribution < 1.29 is 27.6 Å². The Hall–Kier alpha value is -4.96. The molecule has 2 aliphatic rings. The van der Waals surface area contributed by atoms with Crippen molar-refractivity contribution in [1.29, 1.82) is 0 Å². The molecular weight excluding hydrogens is 665 g/mol. The largest absolute Gasteiger partial charge is 0.435 e. The molecule has 0 atom stereocenters. The van der Waals surface area contributed by atoms with E-state index in [-0.39, 0.29) is 56.9 Å². The molecule has 0 saturated carbocycles. The van der Waals surface area contributed by atoms with E-state index in [9.17, 15) is 27.6 Å². The van der Waals surface area contributed by atoms with Gasteiger partial charge in [0.25, 0.3) is 11.8 Å². The van der Waals surface area contributed by atoms with E-state index in [0.29, 0.717) is 37.6 Å². The average Bonchev–Trinajstić information content (AvgIpc) is 3.68. The fourth-order valence-electron chi connectivity index (χ4n) is 6.16. The molecular formula is C32H34ClF3N10O3. The number of nitrogens with one attached hydrogen (secondary N) is 2. The molecule has 0 radical (unpaired) electrons. The second-order valence-electron chi connectivity index (χ2n) is 12.0. The first-order chi connectivity index (χ1) is 23.3. The lowest BCUT2D eigenvalue weighted by atomic mass is 9.96. The molecule has 13 nitrogen and oxygen atoms in total. The minimum Gasteiger partial charge on any atom is -0.384 e. The van der Waals surface area contributed by atoms with Crippen LogP contribution in [0.1, 0.15) is 45.2 Å². The highest BCUT2D eigenvalue weighted by molar-refractivity contribution is 6.34. The lowest BCUT2D eigenvalue weighted by molar-refractivity contribution is -0.141. The number of nitrogen functional groups attached to an aromatic ring is 1. The number of alkyl halides is 3. The number of aromatic nitrogens is 5. The van der Waals surface area contributed by atoms with Crippen LogP contribution in [0.3, 0.4) is 0 Å². The van der Waals surface area contributed by atoms with Gasteiger partial charge in [-0.05, 0) is 63.2 Å². The fourth-order valence-corrected chi connectivity index (χ4v) is 6.42. The van der Waals surface area contributed by atoms with Gasteiger partial charge in [-0.2, -0.15) is 18.3 Å². The number of carbonyl (C=O) groups is 3. The topological polar surface area (TPSA) is 156 Å². The molecule has 4 aromatic rings. The van der Waals surface area contributed by atoms with Crippen molar-refractivity contribution >= 4 is 40.8 Å². The van der Waals surface area contributed by atoms with Gasteiger partial charge in [-0.15, -0.1) is 0 Å². The number of piperazine rings is 1. The predicted octanol–water partition coefficient (Wildman–Crippen LogP) is 3.77. The number of halogens is 4. The van der Waals surface area contributed by atoms with Crippen molar-refractivity contribution in [3.05, 3.63) is 70.5 Å². The van der Waals surface area contributed by atoms with E-state index in [0.717, 1.165) is 36.8 Å². The summed E-state index contributed by atoms with van der Waals surface area (Å²) >= 11 is 6.48. The quantitative estimate of drug-likeness (QED) is 0.275. The van der Waals surface area contributed by atoms with E-state index < -0.39 is 17.8 Å². The normalized spacial score (nSPS) is 15.8. The number of hydrogen-bond acceptors (Lipinski definition) is 8. The molecule has 6 rings (SSSR count). The summed E-state index contributed by atoms with van der Waals surface area (Å²) in [6.07, 6.45) is -0.829. The summed E-state index contributed by atoms with van der Waals surface area (Å²) in [6, 6.07) is 7.39. The van der Waals surface area contributed by atoms with E-state index >= 15 is 0 Å². The zero-order valence-electron chi connectivity index (χ0n) is 26.7. The van der Waals surface area contributed by atoms with Gasteiger partial charge in [-0.25, -0.2) is 14.6 Å². The van der Waals surface area contributed by atoms with Gasteiger partial charge in [0, 0.05) is 51.0 Å². The summed E-state index contributed by atoms with van der Waals surface area (Å²) < 4.78 is 44.6. The Labute approximate surface area is 284 Å². The summed E-state index contributed by atoms with van der Waals surface area (Å²) in [6.45, 7) is 4.87. The first kappa shape index (κ1) is 33.9. The van der Waals surface area contributed by atoms with Gasteiger partial charge in [-0.3, -0.25) is 14.4 Å². The number of imidazole rings is 1. The van der Waals surface area contributed by atoms with E-state index in [1.165, 1.54) is 48.1 Å². The van der Waals surface area contributed by atoms with Crippen LogP contribution in [0.4, 0.5) is 24.7 Å². The smallest absolute Gasteiger partial charge is 0.384 e. The third-order valence-corrected chi connectivity index (χ3v) is 9.11. The molecule has 4 N–H and O–H groups in total. The Bertz CT molecular complexity index is 1910. The molecule has 0 bridgehead atoms. The van der Waals surface area contributed by atoms with E-state index in [1.807, 2.05) is 4.90 Å². The van der Waals surface area contributed by atoms with Gasteiger partial charge in [0.2, 0.25) is 5.91 Å². The number of nitrogens with two attached hydrogens (primary N) is 1. The summed E-state index contributed by atoms with van der Waals surface area (Å²) in [5.41, 5.74) is 5.40. The fraction of sp³-hybridized carbons (Fsp3) is 0.375. The second-order valence-corrected chi connectivity index (χ2v) is 12.4. The van der Waals surface area contributed by atoms with Gasteiger partial charge in [-0.1, -0.05) is 11.6 Å². The third kappa shape index (κ3) is 6.96. The Kier molecular flexibility index (Phi) is 9.35. The number of anilines is 2. The average molecular weight is 699 g/mol. The number of rotatable bonds is 6. The van der Waals surface area contributed by atoms with Crippen LogP contribution in [-0.4, -0.2) is 91.1 Å². The molecule has 2 aliphatic heterocycles. The molecule has 2 fully saturated rings. The lowest BCUT2D eigenvalue weighted by Gasteiger charge is -2.37. The first-order valence-electron chi connectivity index (χ1n) is 15.6. The highest BCUT2D eigenvalue weighted by Gasteiger charge is 2.39. The van der Waals surface area contributed by atoms with E-state index in [2.05, 4.69) is 25.7 Å². The van der Waals surface area contributed by atoms with Crippen LogP contribution >= 0.6 is 11.6 Å². The van der Waals surface area contributed by atoms with Crippen LogP contribution in [0, 0.1) is 12.8 Å². The lowest BCUT2D eigenvalue weighted by Crippen LogP contribution is -2.52. The van der Waals surface area contributed by atoms with Crippen LogP contribution in [0.5, 0.6) is 0 Å². The Morgan fingerprint density at radius 3 is 2.39 bits per heavy atom. The van der Waals surface area contributed by atoms with Crippen molar-refractivity contribution in [1.82, 2.24) is 39.4 Å². The number of piperidine rings is 1. The second kappa shape index (κ2) is 13.5. The highest BCUT2D eigenvalue weighted by atomic mass is 35.5. The van der Waals surface area contributed by atoms with Crippen LogP contribution in [0.15, 0.2) is 42.7 Å². The minimum absolute atomic E-state index is 0.00121. The summed E-state index contributed by atoms with van der Waals surface area (Å²) in [4.78, 5) is 51.1. The van der Waals surface area contributed by atoms with Crippen molar-refractivity contribution in [3.63, 3.8) is 0 Å². The molecule has 2 saturated heterocycles. The number of hydrogen-bond donors (Lipinski definition) is 3. The zero-order chi connectivity index (χ0) is 35.0. The molecule has 0 unspecified atom stereocenters. The summed E-state index contributed by atoms with van der Waals surface area (Å²) in [7, 11) is 1.42. The Morgan fingerprint density at radius 1 is 1.04 bits per heavy atom. The van der Waals surface area contributed by atoms with Crippen molar-refractivity contribution in [3.8, 4) is 16.9 Å². The molecule has 0 spiro atoms. The van der Waals surface area contributed by atoms with Gasteiger partial charge in [0.1, 0.15) is 5.82 Å². The van der Waals surface area contributed by atoms with Crippen molar-refractivity contribution in [2.75, 3.05) is 50.3 Å². The maximum absolute atomic E-state index is 14.1. The first-order valence-corrected chi connectivity index (χ1v) is 16.0. The summed E-state index contributed by atoms with van der Waals surface area (Å²) in [5.74, 6) is -0.820. The van der Waals surface area contributed by atoms with E-state index in [4.69, 9.17) is 17.3 Å².